The number of carbonyl (C=O) groups is 4. The zero-order chi connectivity index (χ0) is 116. The Morgan fingerprint density at radius 2 is 0.679 bits per heavy atom. The second-order valence-corrected chi connectivity index (χ2v) is 36.3. The molecule has 0 radical (unpaired) electrons. The fourth-order valence-electron chi connectivity index (χ4n) is 14.5. The van der Waals surface area contributed by atoms with E-state index in [1.54, 1.807) is 19.1 Å². The van der Waals surface area contributed by atoms with E-state index >= 15 is 0 Å². The second-order valence-electron chi connectivity index (χ2n) is 30.0. The Balaban J connectivity index is 0.000000222. The predicted octanol–water partition coefficient (Wildman–Crippen LogP) is 23.2. The van der Waals surface area contributed by atoms with Crippen LogP contribution in [0.4, 0.5) is 65.9 Å². The number of methoxy groups -OCH3 is 2. The van der Waals surface area contributed by atoms with Gasteiger partial charge in [0.2, 0.25) is 0 Å². The fourth-order valence-corrected chi connectivity index (χ4v) is 16.9. The number of nitrogens with zero attached hydrogens (tertiary/aromatic N) is 4. The second kappa shape index (κ2) is 48.0. The van der Waals surface area contributed by atoms with E-state index in [-0.39, 0.29) is 161 Å². The van der Waals surface area contributed by atoms with Crippen molar-refractivity contribution in [3.8, 4) is 0 Å². The largest absolute Gasteiger partial charge is 0.478 e. The Kier molecular flexibility index (Phi) is 30.7. The number of carboxylic acid groups (broad SMARTS) is 1. The zero-order valence-electron chi connectivity index (χ0n) is 88.3. The summed E-state index contributed by atoms with van der Waals surface area (Å²) in [6, 6.07) is 42.7. The van der Waals surface area contributed by atoms with Gasteiger partial charge in [0.15, 0.2) is 19.7 Å². The molecule has 0 bridgehead atoms. The van der Waals surface area contributed by atoms with Crippen LogP contribution in [0.1, 0.15) is 175 Å². The number of aromatic nitrogens is 4. The minimum Gasteiger partial charge on any atom is -0.478 e. The highest BCUT2D eigenvalue weighted by Gasteiger charge is 2.38. The fraction of sp³-hybridized carbons (Fsp3) is 0.273. The number of aliphatic hydroxyl groups is 3. The lowest BCUT2D eigenvalue weighted by molar-refractivity contribution is -0.139. The number of nitrogens with two attached hydrogens (primary N) is 1. The Labute approximate surface area is 836 Å². The molecule has 20 nitrogen and oxygen atoms in total. The van der Waals surface area contributed by atoms with Gasteiger partial charge in [-0.25, -0.2) is 44.4 Å². The lowest BCUT2D eigenvalue weighted by atomic mass is 10.0. The van der Waals surface area contributed by atoms with Crippen molar-refractivity contribution in [2.24, 2.45) is 5.73 Å². The van der Waals surface area contributed by atoms with E-state index in [4.69, 9.17) is 84.3 Å². The zero-order valence-corrected chi connectivity index (χ0v) is 77.0. The molecule has 0 unspecified atom stereocenters. The van der Waals surface area contributed by atoms with Gasteiger partial charge < -0.3 is 59.2 Å². The number of esters is 2. The number of fused-ring (bicyclic) bond motifs is 4. The molecule has 1 amide bonds. The normalized spacial score (nSPS) is 14.8. The average molecular weight is 2100 g/mol. The van der Waals surface area contributed by atoms with Gasteiger partial charge in [-0.3, -0.25) is 4.79 Å². The number of halogens is 19. The molecule has 748 valence electrons. The number of nitrogens with one attached hydrogen (secondary N) is 1. The van der Waals surface area contributed by atoms with Crippen molar-refractivity contribution < 1.29 is 154 Å². The monoisotopic (exact) mass is 2090 g/mol. The van der Waals surface area contributed by atoms with Crippen LogP contribution in [0.2, 0.25) is 20.1 Å². The van der Waals surface area contributed by atoms with Gasteiger partial charge in [0.1, 0.15) is 19.9 Å². The predicted molar refractivity (Wildman–Crippen MR) is 506 cm³/mol. The number of aromatic carboxylic acids is 1. The van der Waals surface area contributed by atoms with Crippen LogP contribution in [0.25, 0.3) is 43.6 Å². The summed E-state index contributed by atoms with van der Waals surface area (Å²) in [5.41, 5.74) is 0.628. The first-order valence-corrected chi connectivity index (χ1v) is 45.2. The lowest BCUT2D eigenvalue weighted by Crippen LogP contribution is -2.30. The van der Waals surface area contributed by atoms with Crippen molar-refractivity contribution in [2.45, 2.75) is 120 Å². The molecule has 7 N–H and O–H groups in total. The molecular formula is C99H93Cl4F15N6O14S2. The van der Waals surface area contributed by atoms with Gasteiger partial charge in [0.25, 0.3) is 5.91 Å². The third-order valence-electron chi connectivity index (χ3n) is 21.2. The quantitative estimate of drug-likeness (QED) is 0.0188. The van der Waals surface area contributed by atoms with E-state index < -0.39 is 187 Å². The standard InChI is InChI=1S/C29H27ClF4N2O4S.C20H16ClF4NO2.C20H17ClF3NO3.C19H14ClF4NO2.C10H15NO3S.CH4/c1-2-41(39,40)24-8-4-18(5-9-24)26(17-37)35-28(38)20-6-10-27-21(13-20)15-23(36(27)12-11-31)14-19-3-7-22(30)16-25(19)29(32,33)34;1-28-19(27)13-3-5-18-14(8-13)10-16(26(18)7-6-22)9-12-2-4-15(21)11-17(12)20(23,24)25;1-28-19(27)13-3-5-18-14(8-13)10-16(25(18)6-7-26)9-12-2-4-15(21)11-17(12)20(22,23)24;20-14-3-1-11(16(10-14)19(22,23)24)8-15-9-13-7-12(18(26)27)2-4-17(13)25(15)6-5-21;1-2-15(13,14)9-5-3-8(4-6-9)10(11)7-12;/h3-10,13,15-16,26,37H,2,11-12,14,17H2,1H3,(H,35,38);2-5,8,10-11H,6-7,9H2,1H3;2-5,8,10-11,26H,6-7,9H2,1H3;1-4,7,9-10H,5-6,8H2,(H,26,27);3-6,10,12H,2,7,11H2,1H3;1H4/t26-;;;;10-;/m0...0./s1/i11D2,12D2;2*6D2,7D2;5D2,6D2;;. The van der Waals surface area contributed by atoms with Gasteiger partial charge in [0.05, 0.1) is 148 Å². The Morgan fingerprint density at radius 1 is 0.400 bits per heavy atom. The number of amides is 1. The first-order valence-electron chi connectivity index (χ1n) is 48.4. The SMILES string of the molecule is C.CCS(=O)(=O)c1ccc([C@@H](N)CO)cc1.[2H]C([2H])(F)C([2H])([2H])n1c(Cc2ccc(Cl)cc2C(F)(F)F)cc2cc(C(=O)N[C@@H](CO)c3ccc(S(=O)(=O)CC)cc3)ccc21.[2H]C([2H])(F)C([2H])([2H])n1c(Cc2ccc(Cl)cc2C(F)(F)F)cc2cc(C(=O)O)ccc21.[2H]C([2H])(F)C([2H])([2H])n1c(Cc2ccc(Cl)cc2C(F)(F)F)cc2cc(C(=O)OC)ccc21.[2H]C([2H])(O)C([2H])([2H])n1c(Cc2ccc(Cl)cc2C(F)(F)F)cc2cc(C(=O)OC)ccc21. The minimum atomic E-state index is -4.83. The van der Waals surface area contributed by atoms with Crippen LogP contribution in [-0.2, 0) is 106 Å². The van der Waals surface area contributed by atoms with Crippen molar-refractivity contribution >= 4 is 134 Å². The maximum atomic E-state index is 14.6. The molecule has 4 heterocycles. The third-order valence-corrected chi connectivity index (χ3v) is 25.7. The Morgan fingerprint density at radius 3 is 0.943 bits per heavy atom. The summed E-state index contributed by atoms with van der Waals surface area (Å²) >= 11 is 22.9. The van der Waals surface area contributed by atoms with Gasteiger partial charge in [-0.1, -0.05) is 116 Å². The summed E-state index contributed by atoms with van der Waals surface area (Å²) in [6.07, 6.45) is -21.2. The molecule has 0 saturated carbocycles. The van der Waals surface area contributed by atoms with Crippen LogP contribution >= 0.6 is 46.4 Å². The van der Waals surface area contributed by atoms with E-state index in [0.29, 0.717) is 36.3 Å². The van der Waals surface area contributed by atoms with E-state index in [1.165, 1.54) is 154 Å². The molecule has 14 aromatic rings. The van der Waals surface area contributed by atoms with Crippen molar-refractivity contribution in [3.05, 3.63) is 339 Å². The van der Waals surface area contributed by atoms with Crippen molar-refractivity contribution in [1.82, 2.24) is 23.6 Å². The first-order chi connectivity index (χ1) is 71.3. The van der Waals surface area contributed by atoms with Crippen LogP contribution in [0, 0.1) is 0 Å². The van der Waals surface area contributed by atoms with E-state index in [9.17, 15) is 112 Å². The third kappa shape index (κ3) is 27.9. The molecule has 0 fully saturated rings. The van der Waals surface area contributed by atoms with Crippen molar-refractivity contribution in [3.63, 3.8) is 0 Å². The maximum Gasteiger partial charge on any atom is 0.416 e. The van der Waals surface area contributed by atoms with Gasteiger partial charge in [-0.15, -0.1) is 0 Å². The van der Waals surface area contributed by atoms with E-state index in [1.807, 2.05) is 0 Å². The van der Waals surface area contributed by atoms with Gasteiger partial charge >= 0.3 is 42.6 Å². The number of ether oxygens (including phenoxy) is 2. The van der Waals surface area contributed by atoms with Crippen LogP contribution in [-0.4, -0.2) is 145 Å². The number of carbonyl (C=O) groups excluding carboxylic acids is 3. The summed E-state index contributed by atoms with van der Waals surface area (Å²) < 4.78 is 389. The number of carboxylic acids is 1. The molecule has 0 spiro atoms. The summed E-state index contributed by atoms with van der Waals surface area (Å²) in [4.78, 5) is 48.4. The smallest absolute Gasteiger partial charge is 0.416 e. The van der Waals surface area contributed by atoms with Crippen LogP contribution in [0.15, 0.2) is 228 Å². The molecule has 4 aromatic heterocycles. The summed E-state index contributed by atoms with van der Waals surface area (Å²) in [5.74, 6) is -3.42. The molecule has 0 aliphatic carbocycles. The van der Waals surface area contributed by atoms with E-state index in [2.05, 4.69) is 14.8 Å². The lowest BCUT2D eigenvalue weighted by Gasteiger charge is -2.17. The molecule has 41 heteroatoms. The molecule has 14 rings (SSSR count). The summed E-state index contributed by atoms with van der Waals surface area (Å²) in [5, 5.41) is 40.3. The number of rotatable bonds is 29. The highest BCUT2D eigenvalue weighted by molar-refractivity contribution is 7.91. The van der Waals surface area contributed by atoms with Crippen LogP contribution in [0.5, 0.6) is 0 Å². The highest BCUT2D eigenvalue weighted by Crippen LogP contribution is 2.42. The first kappa shape index (κ1) is 89.4. The van der Waals surface area contributed by atoms with Crippen molar-refractivity contribution in [1.29, 1.82) is 0 Å². The number of benzene rings is 10. The molecule has 0 aliphatic heterocycles. The number of sulfone groups is 2. The topological polar surface area (TPSA) is 294 Å². The Bertz CT molecular complexity index is 7660. The van der Waals surface area contributed by atoms with Crippen LogP contribution in [0.3, 0.4) is 0 Å². The number of hydrogen-bond donors (Lipinski definition) is 6. The molecular weight excluding hydrogens is 1990 g/mol. The number of aryl methyl sites for hydroxylation is 4. The Hall–Kier alpha value is -11.9. The summed E-state index contributed by atoms with van der Waals surface area (Å²) in [6.45, 7) is -25.7. The summed E-state index contributed by atoms with van der Waals surface area (Å²) in [7, 11) is -4.31. The molecule has 10 aromatic carbocycles. The highest BCUT2D eigenvalue weighted by atomic mass is 35.5. The van der Waals surface area contributed by atoms with Gasteiger partial charge in [-0.05, 0) is 203 Å². The molecule has 2 atom stereocenters. The molecule has 140 heavy (non-hydrogen) atoms. The maximum absolute atomic E-state index is 14.6. The van der Waals surface area contributed by atoms with E-state index in [0.717, 1.165) is 71.8 Å². The number of hydrogen-bond acceptors (Lipinski definition) is 14. The van der Waals surface area contributed by atoms with Gasteiger partial charge in [-0.2, -0.15) is 52.7 Å². The van der Waals surface area contributed by atoms with Gasteiger partial charge in [0, 0.05) is 124 Å². The molecule has 0 aliphatic rings. The minimum absolute atomic E-state index is 0. The number of aliphatic hydroxyl groups excluding tert-OH is 2. The molecule has 0 saturated heterocycles. The van der Waals surface area contributed by atoms with Crippen LogP contribution < -0.4 is 11.1 Å². The number of alkyl halides is 15. The van der Waals surface area contributed by atoms with Crippen molar-refractivity contribution in [2.75, 3.05) is 65.4 Å². The average Bonchev–Trinajstić information content (AvgIpc) is 1.58.